The van der Waals surface area contributed by atoms with Crippen molar-refractivity contribution < 1.29 is 27.7 Å². The van der Waals surface area contributed by atoms with Gasteiger partial charge in [-0.1, -0.05) is 35.9 Å². The minimum absolute atomic E-state index is 0.0207. The summed E-state index contributed by atoms with van der Waals surface area (Å²) in [4.78, 5) is 37.2. The molecule has 0 aliphatic rings. The molecule has 2 amide bonds. The van der Waals surface area contributed by atoms with E-state index in [1.165, 1.54) is 42.3 Å². The summed E-state index contributed by atoms with van der Waals surface area (Å²) >= 11 is 6.01. The smallest absolute Gasteiger partial charge is 0.337 e. The van der Waals surface area contributed by atoms with Crippen LogP contribution in [0.1, 0.15) is 31.8 Å². The highest BCUT2D eigenvalue weighted by Gasteiger charge is 2.30. The highest BCUT2D eigenvalue weighted by Crippen LogP contribution is 2.29. The van der Waals surface area contributed by atoms with E-state index in [2.05, 4.69) is 5.32 Å². The van der Waals surface area contributed by atoms with Gasteiger partial charge in [-0.25, -0.2) is 0 Å². The van der Waals surface area contributed by atoms with Gasteiger partial charge in [-0.05, 0) is 35.9 Å². The lowest BCUT2D eigenvalue weighted by atomic mass is 10.1. The van der Waals surface area contributed by atoms with Crippen molar-refractivity contribution in [1.82, 2.24) is 4.90 Å². The number of para-hydroxylation sites is 1. The van der Waals surface area contributed by atoms with Gasteiger partial charge in [-0.15, -0.1) is 0 Å². The van der Waals surface area contributed by atoms with Crippen molar-refractivity contribution >= 4 is 34.8 Å². The number of nitrogens with one attached hydrogen (secondary N) is 1. The Kier molecular flexibility index (Phi) is 7.21. The van der Waals surface area contributed by atoms with Gasteiger partial charge in [0.2, 0.25) is 0 Å². The number of non-ortho nitro benzene ring substituents is 1. The van der Waals surface area contributed by atoms with E-state index >= 15 is 0 Å². The van der Waals surface area contributed by atoms with Crippen LogP contribution in [0.5, 0.6) is 0 Å². The first-order valence-electron chi connectivity index (χ1n) is 9.73. The van der Waals surface area contributed by atoms with E-state index in [4.69, 9.17) is 11.6 Å². The minimum Gasteiger partial charge on any atom is -0.337 e. The molecule has 0 radical (unpaired) electrons. The standard InChI is InChI=1S/C23H17ClF3N3O4/c1-29(13-14-6-8-15(9-7-14)23(25,26)27)22(32)18-4-2-3-5-20(18)28-21(31)17-11-10-16(30(33)34)12-19(17)24/h2-12H,13H2,1H3,(H,28,31). The first-order chi connectivity index (χ1) is 16.0. The van der Waals surface area contributed by atoms with Gasteiger partial charge in [0.25, 0.3) is 17.5 Å². The van der Waals surface area contributed by atoms with E-state index in [0.717, 1.165) is 24.3 Å². The molecule has 0 aromatic heterocycles. The van der Waals surface area contributed by atoms with Crippen molar-refractivity contribution in [1.29, 1.82) is 0 Å². The van der Waals surface area contributed by atoms with Crippen LogP contribution in [0.2, 0.25) is 5.02 Å². The molecule has 0 aliphatic carbocycles. The van der Waals surface area contributed by atoms with Crippen LogP contribution < -0.4 is 5.32 Å². The van der Waals surface area contributed by atoms with Gasteiger partial charge >= 0.3 is 6.18 Å². The Morgan fingerprint density at radius 2 is 1.68 bits per heavy atom. The molecule has 7 nitrogen and oxygen atoms in total. The van der Waals surface area contributed by atoms with Crippen LogP contribution in [-0.4, -0.2) is 28.7 Å². The number of nitro groups is 1. The molecule has 0 spiro atoms. The fourth-order valence-corrected chi connectivity index (χ4v) is 3.38. The number of hydrogen-bond donors (Lipinski definition) is 1. The summed E-state index contributed by atoms with van der Waals surface area (Å²) < 4.78 is 38.2. The maximum Gasteiger partial charge on any atom is 0.416 e. The first kappa shape index (κ1) is 24.7. The molecule has 3 aromatic carbocycles. The molecule has 0 saturated carbocycles. The van der Waals surface area contributed by atoms with Crippen LogP contribution in [0.25, 0.3) is 0 Å². The summed E-state index contributed by atoms with van der Waals surface area (Å²) in [6.07, 6.45) is -4.45. The lowest BCUT2D eigenvalue weighted by molar-refractivity contribution is -0.384. The summed E-state index contributed by atoms with van der Waals surface area (Å²) in [5.74, 6) is -1.16. The average molecular weight is 492 g/mol. The topological polar surface area (TPSA) is 92.6 Å². The lowest BCUT2D eigenvalue weighted by Crippen LogP contribution is -2.27. The van der Waals surface area contributed by atoms with E-state index in [9.17, 15) is 32.9 Å². The number of anilines is 1. The molecule has 1 N–H and O–H groups in total. The van der Waals surface area contributed by atoms with Gasteiger partial charge in [0.1, 0.15) is 0 Å². The second-order valence-electron chi connectivity index (χ2n) is 7.28. The number of benzene rings is 3. The van der Waals surface area contributed by atoms with Crippen molar-refractivity contribution in [2.24, 2.45) is 0 Å². The SMILES string of the molecule is CN(Cc1ccc(C(F)(F)F)cc1)C(=O)c1ccccc1NC(=O)c1ccc([N+](=O)[O-])cc1Cl. The third-order valence-corrected chi connectivity index (χ3v) is 5.17. The summed E-state index contributed by atoms with van der Waals surface area (Å²) in [7, 11) is 1.48. The predicted molar refractivity (Wildman–Crippen MR) is 120 cm³/mol. The Morgan fingerprint density at radius 3 is 2.26 bits per heavy atom. The van der Waals surface area contributed by atoms with Crippen molar-refractivity contribution in [3.05, 3.63) is 104 Å². The molecule has 0 saturated heterocycles. The Balaban J connectivity index is 1.77. The summed E-state index contributed by atoms with van der Waals surface area (Å²) in [5, 5.41) is 13.3. The monoisotopic (exact) mass is 491 g/mol. The molecule has 11 heteroatoms. The molecule has 0 fully saturated rings. The largest absolute Gasteiger partial charge is 0.416 e. The molecule has 176 valence electrons. The maximum absolute atomic E-state index is 13.0. The van der Waals surface area contributed by atoms with E-state index < -0.39 is 28.5 Å². The number of carbonyl (C=O) groups is 2. The highest BCUT2D eigenvalue weighted by atomic mass is 35.5. The number of alkyl halides is 3. The second-order valence-corrected chi connectivity index (χ2v) is 7.68. The fraction of sp³-hybridized carbons (Fsp3) is 0.130. The summed E-state index contributed by atoms with van der Waals surface area (Å²) in [6.45, 7) is 0.0352. The number of nitrogens with zero attached hydrogens (tertiary/aromatic N) is 2. The van der Waals surface area contributed by atoms with E-state index in [-0.39, 0.29) is 34.1 Å². The van der Waals surface area contributed by atoms with Crippen molar-refractivity contribution in [2.75, 3.05) is 12.4 Å². The molecule has 0 bridgehead atoms. The number of hydrogen-bond acceptors (Lipinski definition) is 4. The molecular formula is C23H17ClF3N3O4. The van der Waals surface area contributed by atoms with Crippen molar-refractivity contribution in [2.45, 2.75) is 12.7 Å². The average Bonchev–Trinajstić information content (AvgIpc) is 2.78. The zero-order valence-corrected chi connectivity index (χ0v) is 18.4. The minimum atomic E-state index is -4.45. The van der Waals surface area contributed by atoms with Gasteiger partial charge in [-0.3, -0.25) is 19.7 Å². The summed E-state index contributed by atoms with van der Waals surface area (Å²) in [6, 6.07) is 14.0. The highest BCUT2D eigenvalue weighted by molar-refractivity contribution is 6.34. The molecule has 0 heterocycles. The third-order valence-electron chi connectivity index (χ3n) is 4.86. The fourth-order valence-electron chi connectivity index (χ4n) is 3.12. The number of carbonyl (C=O) groups excluding carboxylic acids is 2. The van der Waals surface area contributed by atoms with Gasteiger partial charge in [0, 0.05) is 25.7 Å². The van der Waals surface area contributed by atoms with E-state index in [1.807, 2.05) is 0 Å². The number of amides is 2. The van der Waals surface area contributed by atoms with Crippen LogP contribution >= 0.6 is 11.6 Å². The number of rotatable bonds is 6. The summed E-state index contributed by atoms with van der Waals surface area (Å²) in [5.41, 5.74) is -0.282. The normalized spacial score (nSPS) is 11.1. The van der Waals surface area contributed by atoms with Gasteiger partial charge in [-0.2, -0.15) is 13.2 Å². The van der Waals surface area contributed by atoms with Crippen LogP contribution in [0.4, 0.5) is 24.5 Å². The zero-order valence-electron chi connectivity index (χ0n) is 17.6. The molecule has 34 heavy (non-hydrogen) atoms. The lowest BCUT2D eigenvalue weighted by Gasteiger charge is -2.20. The second kappa shape index (κ2) is 9.92. The Morgan fingerprint density at radius 1 is 1.03 bits per heavy atom. The van der Waals surface area contributed by atoms with Crippen LogP contribution in [-0.2, 0) is 12.7 Å². The van der Waals surface area contributed by atoms with Gasteiger partial charge < -0.3 is 10.2 Å². The number of nitro benzene ring substituents is 1. The van der Waals surface area contributed by atoms with Gasteiger partial charge in [0.05, 0.1) is 32.3 Å². The van der Waals surface area contributed by atoms with Gasteiger partial charge in [0.15, 0.2) is 0 Å². The molecule has 0 unspecified atom stereocenters. The Labute approximate surface area is 196 Å². The zero-order chi connectivity index (χ0) is 25.0. The molecule has 0 aliphatic heterocycles. The molecule has 0 atom stereocenters. The maximum atomic E-state index is 13.0. The van der Waals surface area contributed by atoms with Crippen molar-refractivity contribution in [3.8, 4) is 0 Å². The Bertz CT molecular complexity index is 1250. The van der Waals surface area contributed by atoms with Crippen LogP contribution in [0.3, 0.4) is 0 Å². The van der Waals surface area contributed by atoms with E-state index in [1.54, 1.807) is 12.1 Å². The Hall–Kier alpha value is -3.92. The quantitative estimate of drug-likeness (QED) is 0.349. The third kappa shape index (κ3) is 5.70. The molecular weight excluding hydrogens is 475 g/mol. The van der Waals surface area contributed by atoms with Crippen LogP contribution in [0, 0.1) is 10.1 Å². The number of halogens is 4. The van der Waals surface area contributed by atoms with Crippen LogP contribution in [0.15, 0.2) is 66.7 Å². The van der Waals surface area contributed by atoms with E-state index in [0.29, 0.717) is 5.56 Å². The first-order valence-corrected chi connectivity index (χ1v) is 10.1. The van der Waals surface area contributed by atoms with Crippen molar-refractivity contribution in [3.63, 3.8) is 0 Å². The molecule has 3 aromatic rings. The molecule has 3 rings (SSSR count). The predicted octanol–water partition coefficient (Wildman–Crippen LogP) is 5.79.